The van der Waals surface area contributed by atoms with Crippen LogP contribution in [0.15, 0.2) is 23.4 Å². The molecule has 1 aromatic carbocycles. The Morgan fingerprint density at radius 2 is 1.63 bits per heavy atom. The number of hydrogen-bond donors (Lipinski definition) is 1. The van der Waals surface area contributed by atoms with E-state index in [1.54, 1.807) is 11.8 Å². The number of nitrogens with two attached hydrogens (primary N) is 1. The van der Waals surface area contributed by atoms with Crippen molar-refractivity contribution < 1.29 is 0 Å². The lowest BCUT2D eigenvalue weighted by atomic mass is 10.1. The van der Waals surface area contributed by atoms with Gasteiger partial charge in [0.1, 0.15) is 0 Å². The van der Waals surface area contributed by atoms with Gasteiger partial charge >= 0.3 is 0 Å². The lowest BCUT2D eigenvalue weighted by Gasteiger charge is -2.09. The summed E-state index contributed by atoms with van der Waals surface area (Å²) in [6.45, 7) is 8.17. The van der Waals surface area contributed by atoms with Crippen LogP contribution in [0.3, 0.4) is 0 Å². The van der Waals surface area contributed by atoms with E-state index >= 15 is 0 Å². The van der Waals surface area contributed by atoms with Gasteiger partial charge in [0.2, 0.25) is 0 Å². The molecular formula is C15H19N3S. The number of anilines is 1. The van der Waals surface area contributed by atoms with Crippen LogP contribution >= 0.6 is 11.8 Å². The van der Waals surface area contributed by atoms with E-state index in [0.29, 0.717) is 0 Å². The van der Waals surface area contributed by atoms with Gasteiger partial charge in [0.15, 0.2) is 5.16 Å². The maximum Gasteiger partial charge on any atom is 0.188 e. The summed E-state index contributed by atoms with van der Waals surface area (Å²) in [6.07, 6.45) is 0. The molecule has 100 valence electrons. The molecule has 1 aromatic heterocycles. The van der Waals surface area contributed by atoms with Crippen molar-refractivity contribution in [2.24, 2.45) is 0 Å². The van der Waals surface area contributed by atoms with Gasteiger partial charge in [-0.3, -0.25) is 0 Å². The number of nitrogen functional groups attached to an aromatic ring is 1. The van der Waals surface area contributed by atoms with Crippen molar-refractivity contribution in [1.82, 2.24) is 9.97 Å². The molecule has 2 N–H and O–H groups in total. The highest BCUT2D eigenvalue weighted by Crippen LogP contribution is 2.25. The second kappa shape index (κ2) is 5.61. The molecule has 0 fully saturated rings. The van der Waals surface area contributed by atoms with Gasteiger partial charge in [0.25, 0.3) is 0 Å². The highest BCUT2D eigenvalue weighted by Gasteiger charge is 2.07. The van der Waals surface area contributed by atoms with Gasteiger partial charge in [0.05, 0.1) is 0 Å². The average Bonchev–Trinajstić information content (AvgIpc) is 2.37. The molecule has 0 saturated heterocycles. The summed E-state index contributed by atoms with van der Waals surface area (Å²) in [5.74, 6) is 0.846. The van der Waals surface area contributed by atoms with Crippen molar-refractivity contribution in [3.05, 3.63) is 46.3 Å². The molecule has 0 amide bonds. The average molecular weight is 273 g/mol. The minimum atomic E-state index is 0.836. The Kier molecular flexibility index (Phi) is 4.10. The smallest absolute Gasteiger partial charge is 0.188 e. The highest BCUT2D eigenvalue weighted by atomic mass is 32.2. The number of hydrogen-bond acceptors (Lipinski definition) is 4. The number of aryl methyl sites for hydroxylation is 2. The number of benzene rings is 1. The molecule has 0 unspecified atom stereocenters. The number of nitrogens with zero attached hydrogens (tertiary/aromatic N) is 2. The van der Waals surface area contributed by atoms with E-state index < -0.39 is 0 Å². The van der Waals surface area contributed by atoms with Gasteiger partial charge in [-0.05, 0) is 50.5 Å². The van der Waals surface area contributed by atoms with Crippen LogP contribution in [0.5, 0.6) is 0 Å². The van der Waals surface area contributed by atoms with Gasteiger partial charge in [-0.1, -0.05) is 23.9 Å². The molecule has 1 heterocycles. The van der Waals surface area contributed by atoms with Crippen molar-refractivity contribution in [3.8, 4) is 0 Å². The SMILES string of the molecule is Cc1nc(SCc2cccc(N)c2C)nc(C)c1C. The van der Waals surface area contributed by atoms with Crippen LogP contribution in [-0.4, -0.2) is 9.97 Å². The van der Waals surface area contributed by atoms with Crippen LogP contribution in [0.2, 0.25) is 0 Å². The monoisotopic (exact) mass is 273 g/mol. The maximum absolute atomic E-state index is 5.92. The molecule has 19 heavy (non-hydrogen) atoms. The number of rotatable bonds is 3. The van der Waals surface area contributed by atoms with Crippen LogP contribution in [0.25, 0.3) is 0 Å². The summed E-state index contributed by atoms with van der Waals surface area (Å²) in [5, 5.41) is 0.836. The van der Waals surface area contributed by atoms with Gasteiger partial charge in [-0.2, -0.15) is 0 Å². The van der Waals surface area contributed by atoms with Crippen molar-refractivity contribution in [2.45, 2.75) is 38.6 Å². The topological polar surface area (TPSA) is 51.8 Å². The highest BCUT2D eigenvalue weighted by molar-refractivity contribution is 7.98. The second-order valence-electron chi connectivity index (χ2n) is 4.72. The summed E-state index contributed by atoms with van der Waals surface area (Å²) >= 11 is 1.66. The number of aromatic nitrogens is 2. The van der Waals surface area contributed by atoms with Crippen molar-refractivity contribution in [3.63, 3.8) is 0 Å². The Hall–Kier alpha value is -1.55. The quantitative estimate of drug-likeness (QED) is 0.527. The Balaban J connectivity index is 2.17. The minimum Gasteiger partial charge on any atom is -0.399 e. The molecule has 0 aliphatic rings. The largest absolute Gasteiger partial charge is 0.399 e. The molecule has 2 rings (SSSR count). The third-order valence-corrected chi connectivity index (χ3v) is 4.35. The van der Waals surface area contributed by atoms with E-state index in [-0.39, 0.29) is 0 Å². The van der Waals surface area contributed by atoms with Gasteiger partial charge in [-0.25, -0.2) is 9.97 Å². The molecule has 0 aliphatic heterocycles. The van der Waals surface area contributed by atoms with E-state index in [9.17, 15) is 0 Å². The maximum atomic E-state index is 5.92. The van der Waals surface area contributed by atoms with E-state index in [1.807, 2.05) is 26.0 Å². The van der Waals surface area contributed by atoms with Crippen LogP contribution in [-0.2, 0) is 5.75 Å². The van der Waals surface area contributed by atoms with Crippen molar-refractivity contribution in [1.29, 1.82) is 0 Å². The molecule has 4 heteroatoms. The van der Waals surface area contributed by atoms with E-state index in [2.05, 4.69) is 29.9 Å². The fourth-order valence-electron chi connectivity index (χ4n) is 1.81. The zero-order chi connectivity index (χ0) is 14.0. The zero-order valence-electron chi connectivity index (χ0n) is 11.8. The van der Waals surface area contributed by atoms with Crippen LogP contribution in [0, 0.1) is 27.7 Å². The Labute approximate surface area is 118 Å². The Morgan fingerprint density at radius 1 is 1.00 bits per heavy atom. The van der Waals surface area contributed by atoms with Crippen LogP contribution in [0.1, 0.15) is 28.1 Å². The lowest BCUT2D eigenvalue weighted by molar-refractivity contribution is 0.880. The molecule has 0 bridgehead atoms. The molecule has 0 saturated carbocycles. The first-order valence-electron chi connectivity index (χ1n) is 6.27. The summed E-state index contributed by atoms with van der Waals surface area (Å²) in [6, 6.07) is 6.03. The van der Waals surface area contributed by atoms with E-state index in [4.69, 9.17) is 5.73 Å². The van der Waals surface area contributed by atoms with Crippen molar-refractivity contribution >= 4 is 17.4 Å². The third kappa shape index (κ3) is 3.07. The van der Waals surface area contributed by atoms with Crippen molar-refractivity contribution in [2.75, 3.05) is 5.73 Å². The summed E-state index contributed by atoms with van der Waals surface area (Å²) in [4.78, 5) is 9.04. The fraction of sp³-hybridized carbons (Fsp3) is 0.333. The molecule has 2 aromatic rings. The molecule has 0 atom stereocenters. The number of thioether (sulfide) groups is 1. The normalized spacial score (nSPS) is 10.7. The molecule has 3 nitrogen and oxygen atoms in total. The summed E-state index contributed by atoms with van der Waals surface area (Å²) < 4.78 is 0. The molecular weight excluding hydrogens is 254 g/mol. The van der Waals surface area contributed by atoms with Gasteiger partial charge in [0, 0.05) is 22.8 Å². The fourth-order valence-corrected chi connectivity index (χ4v) is 2.81. The zero-order valence-corrected chi connectivity index (χ0v) is 12.6. The molecule has 0 spiro atoms. The minimum absolute atomic E-state index is 0.836. The van der Waals surface area contributed by atoms with Gasteiger partial charge < -0.3 is 5.73 Å². The first kappa shape index (κ1) is 13.9. The first-order valence-corrected chi connectivity index (χ1v) is 7.26. The second-order valence-corrected chi connectivity index (χ2v) is 5.66. The van der Waals surface area contributed by atoms with E-state index in [1.165, 1.54) is 11.1 Å². The predicted octanol–water partition coefficient (Wildman–Crippen LogP) is 3.58. The van der Waals surface area contributed by atoms with Gasteiger partial charge in [-0.15, -0.1) is 0 Å². The Morgan fingerprint density at radius 3 is 2.26 bits per heavy atom. The van der Waals surface area contributed by atoms with Crippen LogP contribution < -0.4 is 5.73 Å². The first-order chi connectivity index (χ1) is 8.99. The molecule has 0 aliphatic carbocycles. The third-order valence-electron chi connectivity index (χ3n) is 3.46. The van der Waals surface area contributed by atoms with Crippen LogP contribution in [0.4, 0.5) is 5.69 Å². The van der Waals surface area contributed by atoms with E-state index in [0.717, 1.165) is 33.5 Å². The summed E-state index contributed by atoms with van der Waals surface area (Å²) in [7, 11) is 0. The lowest BCUT2D eigenvalue weighted by Crippen LogP contribution is -1.99. The summed E-state index contributed by atoms with van der Waals surface area (Å²) in [5.41, 5.74) is 12.4. The Bertz CT molecular complexity index is 585. The standard InChI is InChI=1S/C15H19N3S/c1-9-11(3)17-15(18-12(9)4)19-8-13-6-5-7-14(16)10(13)2/h5-7H,8,16H2,1-4H3. The molecule has 0 radical (unpaired) electrons. The predicted molar refractivity (Wildman–Crippen MR) is 81.4 cm³/mol.